The molecule has 0 saturated carbocycles. The summed E-state index contributed by atoms with van der Waals surface area (Å²) < 4.78 is 53.0. The molecule has 0 aliphatic carbocycles. The first-order valence-electron chi connectivity index (χ1n) is 7.27. The number of amides is 1. The van der Waals surface area contributed by atoms with Crippen LogP contribution in [0.4, 0.5) is 18.0 Å². The minimum Gasteiger partial charge on any atom is -0.458 e. The molecule has 1 aromatic heterocycles. The number of aliphatic imine (C=N–C) groups is 1. The first kappa shape index (κ1) is 19.5. The summed E-state index contributed by atoms with van der Waals surface area (Å²) in [5.41, 5.74) is -3.74. The number of rotatable bonds is 1. The second kappa shape index (κ2) is 6.47. The Morgan fingerprint density at radius 3 is 2.64 bits per heavy atom. The van der Waals surface area contributed by atoms with Crippen LogP contribution in [-0.2, 0) is 15.0 Å². The Labute approximate surface area is 150 Å². The summed E-state index contributed by atoms with van der Waals surface area (Å²) in [5, 5.41) is 2.14. The van der Waals surface area contributed by atoms with Gasteiger partial charge < -0.3 is 9.47 Å². The van der Waals surface area contributed by atoms with Crippen LogP contribution in [0.25, 0.3) is 0 Å². The number of nitrogens with one attached hydrogen (secondary N) is 1. The second-order valence-electron chi connectivity index (χ2n) is 6.57. The lowest BCUT2D eigenvalue weighted by Crippen LogP contribution is -2.53. The van der Waals surface area contributed by atoms with Crippen LogP contribution in [0.3, 0.4) is 0 Å². The summed E-state index contributed by atoms with van der Waals surface area (Å²) in [7, 11) is 0. The van der Waals surface area contributed by atoms with Crippen LogP contribution < -0.4 is 5.32 Å². The van der Waals surface area contributed by atoms with Crippen molar-refractivity contribution in [3.05, 3.63) is 28.2 Å². The average Bonchev–Trinajstić information content (AvgIpc) is 2.44. The smallest absolute Gasteiger partial charge is 0.415 e. The van der Waals surface area contributed by atoms with Crippen molar-refractivity contribution >= 4 is 28.0 Å². The van der Waals surface area contributed by atoms with E-state index in [0.717, 1.165) is 13.0 Å². The number of hydrogen-bond acceptors (Lipinski definition) is 5. The van der Waals surface area contributed by atoms with Crippen LogP contribution in [0.5, 0.6) is 0 Å². The monoisotopic (exact) mass is 423 g/mol. The topological polar surface area (TPSA) is 72.8 Å². The largest absolute Gasteiger partial charge is 0.458 e. The van der Waals surface area contributed by atoms with Gasteiger partial charge in [0.1, 0.15) is 21.7 Å². The van der Waals surface area contributed by atoms with Crippen molar-refractivity contribution in [2.75, 3.05) is 6.61 Å². The average molecular weight is 424 g/mol. The van der Waals surface area contributed by atoms with E-state index < -0.39 is 47.3 Å². The highest BCUT2D eigenvalue weighted by Crippen LogP contribution is 2.43. The number of halogens is 4. The molecule has 2 heterocycles. The van der Waals surface area contributed by atoms with Crippen LogP contribution in [0.15, 0.2) is 21.7 Å². The fourth-order valence-electron chi connectivity index (χ4n) is 2.06. The Morgan fingerprint density at radius 1 is 1.40 bits per heavy atom. The summed E-state index contributed by atoms with van der Waals surface area (Å²) in [6.45, 7) is 4.81. The Balaban J connectivity index is 2.40. The quantitative estimate of drug-likeness (QED) is 0.698. The molecular formula is C15H17BrF3N3O3. The molecule has 0 saturated heterocycles. The van der Waals surface area contributed by atoms with Crippen molar-refractivity contribution in [1.82, 2.24) is 10.3 Å². The van der Waals surface area contributed by atoms with E-state index in [4.69, 9.17) is 9.47 Å². The molecule has 10 heteroatoms. The van der Waals surface area contributed by atoms with Crippen molar-refractivity contribution in [2.45, 2.75) is 44.8 Å². The predicted molar refractivity (Wildman–Crippen MR) is 87.0 cm³/mol. The lowest BCUT2D eigenvalue weighted by atomic mass is 9.89. The van der Waals surface area contributed by atoms with E-state index in [1.54, 1.807) is 20.8 Å². The van der Waals surface area contributed by atoms with E-state index >= 15 is 0 Å². The Hall–Kier alpha value is -1.84. The maximum atomic E-state index is 14.4. The van der Waals surface area contributed by atoms with Gasteiger partial charge in [0.2, 0.25) is 0 Å². The summed E-state index contributed by atoms with van der Waals surface area (Å²) in [6, 6.07) is 1.78. The van der Waals surface area contributed by atoms with Gasteiger partial charge in [-0.2, -0.15) is 8.78 Å². The predicted octanol–water partition coefficient (Wildman–Crippen LogP) is 3.74. The highest BCUT2D eigenvalue weighted by Gasteiger charge is 2.57. The SMILES string of the molecule is CC(C)(C)OC(=O)NC1=NC(C)(c2nc(Br)ccc2F)C(F)(F)CO1. The van der Waals surface area contributed by atoms with E-state index in [0.29, 0.717) is 0 Å². The number of alkyl carbamates (subject to hydrolysis) is 1. The molecule has 0 fully saturated rings. The van der Waals surface area contributed by atoms with Gasteiger partial charge in [0.15, 0.2) is 12.1 Å². The van der Waals surface area contributed by atoms with Crippen LogP contribution in [0.2, 0.25) is 0 Å². The number of hydrogen-bond donors (Lipinski definition) is 1. The minimum atomic E-state index is -3.55. The zero-order valence-electron chi connectivity index (χ0n) is 14.0. The zero-order valence-corrected chi connectivity index (χ0v) is 15.6. The fourth-order valence-corrected chi connectivity index (χ4v) is 2.37. The molecule has 25 heavy (non-hydrogen) atoms. The molecule has 1 N–H and O–H groups in total. The maximum Gasteiger partial charge on any atom is 0.415 e. The first-order chi connectivity index (χ1) is 11.3. The van der Waals surface area contributed by atoms with Gasteiger partial charge in [-0.25, -0.2) is 24.5 Å². The third-order valence-corrected chi connectivity index (χ3v) is 3.75. The van der Waals surface area contributed by atoms with E-state index in [-0.39, 0.29) is 4.60 Å². The summed E-state index contributed by atoms with van der Waals surface area (Å²) in [5.74, 6) is -4.51. The molecule has 0 spiro atoms. The van der Waals surface area contributed by atoms with Gasteiger partial charge in [0.25, 0.3) is 6.02 Å². The molecule has 0 bridgehead atoms. The standard InChI is InChI=1S/C15H17BrF3N3O3/c1-13(2,3)25-12(23)21-11-22-14(4,15(18,19)7-24-11)10-8(17)5-6-9(16)20-10/h5-6H,7H2,1-4H3,(H,21,22,23). The molecule has 2 rings (SSSR count). The Kier molecular flexibility index (Phi) is 5.04. The number of pyridine rings is 1. The van der Waals surface area contributed by atoms with Gasteiger partial charge in [0, 0.05) is 0 Å². The lowest BCUT2D eigenvalue weighted by molar-refractivity contribution is -0.119. The van der Waals surface area contributed by atoms with Gasteiger partial charge >= 0.3 is 12.0 Å². The Bertz CT molecular complexity index is 722. The van der Waals surface area contributed by atoms with Gasteiger partial charge in [-0.3, -0.25) is 0 Å². The molecule has 1 amide bonds. The number of aromatic nitrogens is 1. The van der Waals surface area contributed by atoms with E-state index in [9.17, 15) is 18.0 Å². The first-order valence-corrected chi connectivity index (χ1v) is 8.06. The molecular weight excluding hydrogens is 407 g/mol. The molecule has 6 nitrogen and oxygen atoms in total. The van der Waals surface area contributed by atoms with Crippen molar-refractivity contribution in [3.8, 4) is 0 Å². The molecule has 1 aromatic rings. The molecule has 1 unspecified atom stereocenters. The number of nitrogens with zero attached hydrogens (tertiary/aromatic N) is 2. The third kappa shape index (κ3) is 4.23. The second-order valence-corrected chi connectivity index (χ2v) is 7.39. The van der Waals surface area contributed by atoms with Crippen LogP contribution in [-0.4, -0.2) is 35.2 Å². The molecule has 1 aliphatic heterocycles. The number of carbonyl (C=O) groups excluding carboxylic acids is 1. The highest BCUT2D eigenvalue weighted by molar-refractivity contribution is 9.10. The van der Waals surface area contributed by atoms with Gasteiger partial charge in [-0.05, 0) is 55.8 Å². The maximum absolute atomic E-state index is 14.4. The van der Waals surface area contributed by atoms with Gasteiger partial charge in [-0.15, -0.1) is 0 Å². The van der Waals surface area contributed by atoms with Crippen molar-refractivity contribution < 1.29 is 27.4 Å². The van der Waals surface area contributed by atoms with Crippen molar-refractivity contribution in [2.24, 2.45) is 4.99 Å². The minimum absolute atomic E-state index is 0.171. The fraction of sp³-hybridized carbons (Fsp3) is 0.533. The van der Waals surface area contributed by atoms with E-state index in [1.807, 2.05) is 0 Å². The van der Waals surface area contributed by atoms with Crippen molar-refractivity contribution in [1.29, 1.82) is 0 Å². The van der Waals surface area contributed by atoms with E-state index in [2.05, 4.69) is 31.2 Å². The molecule has 0 aromatic carbocycles. The number of amidine groups is 1. The molecule has 1 atom stereocenters. The summed E-state index contributed by atoms with van der Waals surface area (Å²) >= 11 is 3.02. The van der Waals surface area contributed by atoms with Crippen LogP contribution >= 0.6 is 15.9 Å². The summed E-state index contributed by atoms with van der Waals surface area (Å²) in [4.78, 5) is 19.3. The molecule has 0 radical (unpaired) electrons. The van der Waals surface area contributed by atoms with Gasteiger partial charge in [0.05, 0.1) is 0 Å². The zero-order chi connectivity index (χ0) is 19.0. The number of alkyl halides is 2. The number of ether oxygens (including phenoxy) is 2. The van der Waals surface area contributed by atoms with Crippen molar-refractivity contribution in [3.63, 3.8) is 0 Å². The lowest BCUT2D eigenvalue weighted by Gasteiger charge is -2.37. The number of carbonyl (C=O) groups is 1. The molecule has 138 valence electrons. The highest BCUT2D eigenvalue weighted by atomic mass is 79.9. The van der Waals surface area contributed by atoms with Gasteiger partial charge in [-0.1, -0.05) is 0 Å². The van der Waals surface area contributed by atoms with Crippen LogP contribution in [0.1, 0.15) is 33.4 Å². The Morgan fingerprint density at radius 2 is 2.04 bits per heavy atom. The van der Waals surface area contributed by atoms with E-state index in [1.165, 1.54) is 6.07 Å². The molecule has 1 aliphatic rings. The van der Waals surface area contributed by atoms with Crippen LogP contribution in [0, 0.1) is 5.82 Å². The third-order valence-electron chi connectivity index (χ3n) is 3.31. The normalized spacial score (nSPS) is 22.6. The summed E-state index contributed by atoms with van der Waals surface area (Å²) in [6.07, 6.45) is -0.929.